The predicted octanol–water partition coefficient (Wildman–Crippen LogP) is 0.0751. The molecule has 0 radical (unpaired) electrons. The van der Waals surface area contributed by atoms with Crippen LogP contribution in [0.4, 0.5) is 0 Å². The van der Waals surface area contributed by atoms with Gasteiger partial charge < -0.3 is 9.47 Å². The Morgan fingerprint density at radius 3 is 2.89 bits per heavy atom. The molecular formula is C12H13N3O3. The van der Waals surface area contributed by atoms with E-state index in [-0.39, 0.29) is 12.2 Å². The molecule has 6 heteroatoms. The number of morpholine rings is 1. The number of rotatable bonds is 2. The fraction of sp³-hybridized carbons (Fsp3) is 0.417. The molecule has 1 unspecified atom stereocenters. The van der Waals surface area contributed by atoms with E-state index >= 15 is 0 Å². The minimum Gasteiger partial charge on any atom is -0.439 e. The maximum atomic E-state index is 11.5. The minimum atomic E-state index is -0.363. The van der Waals surface area contributed by atoms with E-state index in [1.165, 1.54) is 6.08 Å². The average Bonchev–Trinajstić information content (AvgIpc) is 2.83. The average molecular weight is 247 g/mol. The van der Waals surface area contributed by atoms with Gasteiger partial charge in [-0.3, -0.25) is 4.90 Å². The number of hydrogen-bond donors (Lipinski definition) is 0. The maximum Gasteiger partial charge on any atom is 0.333 e. The Bertz CT molecular complexity index is 469. The van der Waals surface area contributed by atoms with Crippen molar-refractivity contribution in [1.29, 1.82) is 0 Å². The van der Waals surface area contributed by atoms with Crippen molar-refractivity contribution < 1.29 is 14.3 Å². The van der Waals surface area contributed by atoms with E-state index in [1.54, 1.807) is 12.3 Å². The van der Waals surface area contributed by atoms with Crippen LogP contribution in [0.3, 0.4) is 0 Å². The summed E-state index contributed by atoms with van der Waals surface area (Å²) in [4.78, 5) is 13.6. The molecule has 0 aliphatic carbocycles. The molecule has 2 aliphatic heterocycles. The molecule has 1 aromatic rings. The van der Waals surface area contributed by atoms with E-state index in [1.807, 2.05) is 6.07 Å². The molecule has 0 N–H and O–H groups in total. The summed E-state index contributed by atoms with van der Waals surface area (Å²) in [5.41, 5.74) is 1.45. The van der Waals surface area contributed by atoms with Crippen molar-refractivity contribution >= 4 is 11.5 Å². The molecule has 18 heavy (non-hydrogen) atoms. The summed E-state index contributed by atoms with van der Waals surface area (Å²) in [7, 11) is 0. The Balaban J connectivity index is 1.86. The molecule has 0 bridgehead atoms. The van der Waals surface area contributed by atoms with Crippen LogP contribution in [0.2, 0.25) is 0 Å². The lowest BCUT2D eigenvalue weighted by Crippen LogP contribution is -2.44. The first-order valence-electron chi connectivity index (χ1n) is 5.87. The number of carbonyl (C=O) groups is 1. The van der Waals surface area contributed by atoms with Crippen LogP contribution in [0.1, 0.15) is 5.69 Å². The second-order valence-corrected chi connectivity index (χ2v) is 4.15. The Kier molecular flexibility index (Phi) is 3.04. The lowest BCUT2D eigenvalue weighted by molar-refractivity contribution is -0.147. The largest absolute Gasteiger partial charge is 0.439 e. The molecule has 2 aliphatic rings. The van der Waals surface area contributed by atoms with Crippen molar-refractivity contribution in [3.05, 3.63) is 30.1 Å². The third kappa shape index (κ3) is 2.12. The second kappa shape index (κ2) is 4.83. The summed E-state index contributed by atoms with van der Waals surface area (Å²) in [5, 5.41) is 7.86. The molecule has 94 valence electrons. The van der Waals surface area contributed by atoms with Crippen LogP contribution >= 0.6 is 0 Å². The summed E-state index contributed by atoms with van der Waals surface area (Å²) in [6, 6.07) is 3.62. The standard InChI is InChI=1S/C12H13N3O3/c16-11-8-9(10-2-1-3-13-14-10)12(18-11)15-4-6-17-7-5-15/h1-3,8,12H,4-7H2. The van der Waals surface area contributed by atoms with Crippen LogP contribution in [0.5, 0.6) is 0 Å². The zero-order valence-electron chi connectivity index (χ0n) is 9.78. The first-order chi connectivity index (χ1) is 8.84. The van der Waals surface area contributed by atoms with E-state index in [9.17, 15) is 4.79 Å². The molecule has 0 aromatic carbocycles. The number of esters is 1. The van der Waals surface area contributed by atoms with Gasteiger partial charge in [0.05, 0.1) is 18.9 Å². The zero-order chi connectivity index (χ0) is 12.4. The highest BCUT2D eigenvalue weighted by Gasteiger charge is 2.34. The van der Waals surface area contributed by atoms with Gasteiger partial charge in [0.15, 0.2) is 6.23 Å². The van der Waals surface area contributed by atoms with Gasteiger partial charge in [-0.2, -0.15) is 10.2 Å². The van der Waals surface area contributed by atoms with E-state index in [4.69, 9.17) is 9.47 Å². The van der Waals surface area contributed by atoms with Gasteiger partial charge in [-0.1, -0.05) is 0 Å². The minimum absolute atomic E-state index is 0.327. The Morgan fingerprint density at radius 1 is 1.33 bits per heavy atom. The Hall–Kier alpha value is -1.79. The van der Waals surface area contributed by atoms with Gasteiger partial charge in [0.2, 0.25) is 0 Å². The summed E-state index contributed by atoms with van der Waals surface area (Å²) in [6.45, 7) is 2.80. The van der Waals surface area contributed by atoms with Crippen molar-refractivity contribution in [2.75, 3.05) is 26.3 Å². The lowest BCUT2D eigenvalue weighted by Gasteiger charge is -2.32. The van der Waals surface area contributed by atoms with Gasteiger partial charge in [0.25, 0.3) is 0 Å². The third-order valence-electron chi connectivity index (χ3n) is 3.01. The molecule has 0 saturated carbocycles. The molecule has 1 fully saturated rings. The molecular weight excluding hydrogens is 234 g/mol. The Labute approximate surface area is 104 Å². The van der Waals surface area contributed by atoms with Crippen LogP contribution in [0.25, 0.3) is 5.57 Å². The zero-order valence-corrected chi connectivity index (χ0v) is 9.78. The van der Waals surface area contributed by atoms with Crippen LogP contribution in [0.15, 0.2) is 24.4 Å². The van der Waals surface area contributed by atoms with E-state index in [0.29, 0.717) is 18.9 Å². The van der Waals surface area contributed by atoms with Gasteiger partial charge in [0.1, 0.15) is 0 Å². The van der Waals surface area contributed by atoms with Gasteiger partial charge in [-0.15, -0.1) is 0 Å². The molecule has 1 atom stereocenters. The fourth-order valence-electron chi connectivity index (χ4n) is 2.14. The number of hydrogen-bond acceptors (Lipinski definition) is 6. The number of ether oxygens (including phenoxy) is 2. The molecule has 0 spiro atoms. The van der Waals surface area contributed by atoms with Crippen molar-refractivity contribution in [3.63, 3.8) is 0 Å². The van der Waals surface area contributed by atoms with E-state index < -0.39 is 0 Å². The SMILES string of the molecule is O=C1C=C(c2cccnn2)C(N2CCOCC2)O1. The van der Waals surface area contributed by atoms with Gasteiger partial charge in [-0.05, 0) is 12.1 Å². The molecule has 1 aromatic heterocycles. The first-order valence-corrected chi connectivity index (χ1v) is 5.87. The smallest absolute Gasteiger partial charge is 0.333 e. The van der Waals surface area contributed by atoms with Crippen molar-refractivity contribution in [2.24, 2.45) is 0 Å². The number of carbonyl (C=O) groups excluding carboxylic acids is 1. The second-order valence-electron chi connectivity index (χ2n) is 4.15. The summed E-state index contributed by atoms with van der Waals surface area (Å²) < 4.78 is 10.6. The van der Waals surface area contributed by atoms with Gasteiger partial charge in [0, 0.05) is 30.9 Å². The van der Waals surface area contributed by atoms with Crippen molar-refractivity contribution in [3.8, 4) is 0 Å². The highest BCUT2D eigenvalue weighted by molar-refractivity contribution is 5.96. The fourth-order valence-corrected chi connectivity index (χ4v) is 2.14. The molecule has 1 saturated heterocycles. The normalized spacial score (nSPS) is 24.8. The predicted molar refractivity (Wildman–Crippen MR) is 62.3 cm³/mol. The third-order valence-corrected chi connectivity index (χ3v) is 3.01. The molecule has 3 rings (SSSR count). The van der Waals surface area contributed by atoms with Crippen LogP contribution in [-0.4, -0.2) is 53.6 Å². The molecule has 3 heterocycles. The van der Waals surface area contributed by atoms with Gasteiger partial charge >= 0.3 is 5.97 Å². The first kappa shape index (κ1) is 11.3. The molecule has 0 amide bonds. The number of aromatic nitrogens is 2. The molecule has 6 nitrogen and oxygen atoms in total. The maximum absolute atomic E-state index is 11.5. The summed E-state index contributed by atoms with van der Waals surface area (Å²) in [6.07, 6.45) is 2.73. The van der Waals surface area contributed by atoms with Crippen LogP contribution in [-0.2, 0) is 14.3 Å². The van der Waals surface area contributed by atoms with Crippen molar-refractivity contribution in [2.45, 2.75) is 6.23 Å². The highest BCUT2D eigenvalue weighted by atomic mass is 16.6. The number of cyclic esters (lactones) is 1. The summed E-state index contributed by atoms with van der Waals surface area (Å²) >= 11 is 0. The van der Waals surface area contributed by atoms with Gasteiger partial charge in [-0.25, -0.2) is 4.79 Å². The quantitative estimate of drug-likeness (QED) is 0.689. The lowest BCUT2D eigenvalue weighted by atomic mass is 10.1. The van der Waals surface area contributed by atoms with Crippen molar-refractivity contribution in [1.82, 2.24) is 15.1 Å². The monoisotopic (exact) mass is 247 g/mol. The number of nitrogens with zero attached hydrogens (tertiary/aromatic N) is 3. The topological polar surface area (TPSA) is 64.6 Å². The van der Waals surface area contributed by atoms with Crippen LogP contribution < -0.4 is 0 Å². The van der Waals surface area contributed by atoms with Crippen LogP contribution in [0, 0.1) is 0 Å². The van der Waals surface area contributed by atoms with E-state index in [0.717, 1.165) is 18.7 Å². The summed E-state index contributed by atoms with van der Waals surface area (Å²) in [5.74, 6) is -0.327. The highest BCUT2D eigenvalue weighted by Crippen LogP contribution is 2.27. The van der Waals surface area contributed by atoms with E-state index in [2.05, 4.69) is 15.1 Å². The Morgan fingerprint density at radius 2 is 2.17 bits per heavy atom.